The number of rotatable bonds is 3. The van der Waals surface area contributed by atoms with Gasteiger partial charge < -0.3 is 10.4 Å². The first-order valence-corrected chi connectivity index (χ1v) is 7.53. The number of hydrogen-bond donors (Lipinski definition) is 2. The number of benzene rings is 1. The van der Waals surface area contributed by atoms with Crippen LogP contribution in [-0.4, -0.2) is 16.8 Å². The number of Topliss-reactive ketones (excluding diaryl/α,β-unsaturated/α-hetero) is 1. The summed E-state index contributed by atoms with van der Waals surface area (Å²) < 4.78 is 0.498. The van der Waals surface area contributed by atoms with Gasteiger partial charge in [0.15, 0.2) is 11.4 Å². The Bertz CT molecular complexity index is 755. The first kappa shape index (κ1) is 14.3. The Labute approximate surface area is 130 Å². The average molecular weight is 322 g/mol. The predicted molar refractivity (Wildman–Crippen MR) is 82.0 cm³/mol. The Morgan fingerprint density at radius 2 is 2.14 bits per heavy atom. The summed E-state index contributed by atoms with van der Waals surface area (Å²) in [7, 11) is 0. The molecule has 0 saturated carbocycles. The van der Waals surface area contributed by atoms with E-state index in [2.05, 4.69) is 5.32 Å². The number of anilines is 1. The molecule has 6 heteroatoms. The van der Waals surface area contributed by atoms with Gasteiger partial charge in [0.2, 0.25) is 0 Å². The van der Waals surface area contributed by atoms with Crippen LogP contribution in [0.4, 0.5) is 5.69 Å². The molecule has 0 spiro atoms. The quantitative estimate of drug-likeness (QED) is 0.854. The van der Waals surface area contributed by atoms with Crippen molar-refractivity contribution in [2.24, 2.45) is 0 Å². The van der Waals surface area contributed by atoms with Crippen molar-refractivity contribution in [1.29, 1.82) is 0 Å². The lowest BCUT2D eigenvalue weighted by Gasteiger charge is -2.19. The second-order valence-corrected chi connectivity index (χ2v) is 6.78. The Hall–Kier alpha value is -1.69. The summed E-state index contributed by atoms with van der Waals surface area (Å²) >= 11 is 6.95. The maximum Gasteiger partial charge on any atom is 0.261 e. The lowest BCUT2D eigenvalue weighted by atomic mass is 9.89. The molecule has 0 radical (unpaired) electrons. The summed E-state index contributed by atoms with van der Waals surface area (Å²) in [5.41, 5.74) is 0.0819. The van der Waals surface area contributed by atoms with Crippen LogP contribution in [0.1, 0.15) is 27.2 Å². The highest BCUT2D eigenvalue weighted by molar-refractivity contribution is 7.18. The van der Waals surface area contributed by atoms with Crippen molar-refractivity contribution in [3.63, 3.8) is 0 Å². The van der Waals surface area contributed by atoms with Gasteiger partial charge in [0.25, 0.3) is 5.91 Å². The van der Waals surface area contributed by atoms with Crippen molar-refractivity contribution in [2.75, 3.05) is 5.32 Å². The van der Waals surface area contributed by atoms with Gasteiger partial charge in [-0.15, -0.1) is 11.3 Å². The summed E-state index contributed by atoms with van der Waals surface area (Å²) in [6, 6.07) is 8.51. The molecule has 1 aliphatic heterocycles. The highest BCUT2D eigenvalue weighted by Gasteiger charge is 2.46. The molecule has 1 aromatic carbocycles. The van der Waals surface area contributed by atoms with Gasteiger partial charge in [0.05, 0.1) is 15.6 Å². The molecule has 21 heavy (non-hydrogen) atoms. The number of ketones is 1. The van der Waals surface area contributed by atoms with E-state index >= 15 is 0 Å². The molecule has 108 valence electrons. The molecule has 4 nitrogen and oxygen atoms in total. The van der Waals surface area contributed by atoms with Crippen LogP contribution in [0.25, 0.3) is 0 Å². The number of thiophene rings is 1. The fourth-order valence-electron chi connectivity index (χ4n) is 2.42. The highest BCUT2D eigenvalue weighted by atomic mass is 35.5. The predicted octanol–water partition coefficient (Wildman–Crippen LogP) is 3.12. The normalized spacial score (nSPS) is 20.2. The molecule has 0 saturated heterocycles. The Morgan fingerprint density at radius 3 is 2.81 bits per heavy atom. The number of fused-ring (bicyclic) bond motifs is 1. The van der Waals surface area contributed by atoms with Crippen LogP contribution >= 0.6 is 22.9 Å². The lowest BCUT2D eigenvalue weighted by Crippen LogP contribution is -2.36. The van der Waals surface area contributed by atoms with Crippen molar-refractivity contribution in [2.45, 2.75) is 18.9 Å². The van der Waals surface area contributed by atoms with Crippen LogP contribution in [0.3, 0.4) is 0 Å². The van der Waals surface area contributed by atoms with E-state index in [1.165, 1.54) is 0 Å². The van der Waals surface area contributed by atoms with Crippen molar-refractivity contribution < 1.29 is 14.7 Å². The van der Waals surface area contributed by atoms with E-state index in [0.717, 1.165) is 16.9 Å². The van der Waals surface area contributed by atoms with Crippen molar-refractivity contribution >= 4 is 40.3 Å². The smallest absolute Gasteiger partial charge is 0.261 e. The highest BCUT2D eigenvalue weighted by Crippen LogP contribution is 2.40. The summed E-state index contributed by atoms with van der Waals surface area (Å²) in [4.78, 5) is 24.8. The average Bonchev–Trinajstić information content (AvgIpc) is 2.95. The number of aliphatic hydroxyl groups is 1. The molecular weight excluding hydrogens is 310 g/mol. The minimum Gasteiger partial charge on any atom is -0.375 e. The number of amides is 1. The first-order valence-electron chi connectivity index (χ1n) is 6.33. The van der Waals surface area contributed by atoms with Crippen molar-refractivity contribution in [3.05, 3.63) is 50.7 Å². The molecule has 0 bridgehead atoms. The molecule has 0 unspecified atom stereocenters. The van der Waals surface area contributed by atoms with E-state index in [1.54, 1.807) is 24.3 Å². The Balaban J connectivity index is 1.96. The molecule has 3 rings (SSSR count). The third kappa shape index (κ3) is 2.37. The monoisotopic (exact) mass is 321 g/mol. The largest absolute Gasteiger partial charge is 0.375 e. The van der Waals surface area contributed by atoms with Gasteiger partial charge in [0, 0.05) is 11.3 Å². The second-order valence-electron chi connectivity index (χ2n) is 5.07. The molecular formula is C15H12ClNO3S. The summed E-state index contributed by atoms with van der Waals surface area (Å²) in [5.74, 6) is -0.877. The molecule has 2 N–H and O–H groups in total. The third-order valence-electron chi connectivity index (χ3n) is 3.51. The zero-order chi connectivity index (χ0) is 15.2. The summed E-state index contributed by atoms with van der Waals surface area (Å²) in [6.07, 6.45) is -0.299. The number of halogens is 1. The van der Waals surface area contributed by atoms with Crippen LogP contribution in [0.15, 0.2) is 30.3 Å². The summed E-state index contributed by atoms with van der Waals surface area (Å²) in [6.45, 7) is 1.87. The molecule has 0 aliphatic carbocycles. The number of aryl methyl sites for hydroxylation is 1. The molecule has 1 aliphatic rings. The number of hydrogen-bond acceptors (Lipinski definition) is 4. The van der Waals surface area contributed by atoms with E-state index < -0.39 is 11.5 Å². The minimum atomic E-state index is -1.82. The van der Waals surface area contributed by atoms with Gasteiger partial charge in [-0.25, -0.2) is 0 Å². The maximum absolute atomic E-state index is 12.3. The lowest BCUT2D eigenvalue weighted by molar-refractivity contribution is -0.133. The maximum atomic E-state index is 12.3. The molecule has 2 heterocycles. The summed E-state index contributed by atoms with van der Waals surface area (Å²) in [5, 5.41) is 13.3. The van der Waals surface area contributed by atoms with Gasteiger partial charge in [-0.2, -0.15) is 0 Å². The van der Waals surface area contributed by atoms with Crippen LogP contribution in [-0.2, 0) is 10.4 Å². The van der Waals surface area contributed by atoms with Gasteiger partial charge in [-0.3, -0.25) is 9.59 Å². The fourth-order valence-corrected chi connectivity index (χ4v) is 3.40. The van der Waals surface area contributed by atoms with Crippen molar-refractivity contribution in [1.82, 2.24) is 0 Å². The van der Waals surface area contributed by atoms with E-state index in [9.17, 15) is 14.7 Å². The van der Waals surface area contributed by atoms with Crippen LogP contribution in [0, 0.1) is 6.92 Å². The second kappa shape index (κ2) is 4.94. The fraction of sp³-hybridized carbons (Fsp3) is 0.200. The topological polar surface area (TPSA) is 66.4 Å². The van der Waals surface area contributed by atoms with Crippen LogP contribution in [0.5, 0.6) is 0 Å². The first-order chi connectivity index (χ1) is 9.90. The number of carbonyl (C=O) groups excluding carboxylic acids is 2. The van der Waals surface area contributed by atoms with Gasteiger partial charge in [0.1, 0.15) is 0 Å². The number of nitrogens with one attached hydrogen (secondary N) is 1. The van der Waals surface area contributed by atoms with Gasteiger partial charge in [-0.1, -0.05) is 29.3 Å². The van der Waals surface area contributed by atoms with E-state index in [-0.39, 0.29) is 12.2 Å². The van der Waals surface area contributed by atoms with Crippen LogP contribution in [0.2, 0.25) is 4.34 Å². The van der Waals surface area contributed by atoms with Gasteiger partial charge >= 0.3 is 0 Å². The molecule has 1 atom stereocenters. The number of carbonyl (C=O) groups is 2. The minimum absolute atomic E-state index is 0.299. The Kier molecular flexibility index (Phi) is 3.36. The zero-order valence-electron chi connectivity index (χ0n) is 11.1. The zero-order valence-corrected chi connectivity index (χ0v) is 12.7. The van der Waals surface area contributed by atoms with E-state index in [1.807, 2.05) is 13.0 Å². The molecule has 1 aromatic heterocycles. The SMILES string of the molecule is Cc1ccc2c(c1)[C@](O)(CC(=O)c1ccc(Cl)s1)C(=O)N2. The van der Waals surface area contributed by atoms with E-state index in [4.69, 9.17) is 11.6 Å². The van der Waals surface area contributed by atoms with Gasteiger partial charge in [-0.05, 0) is 25.1 Å². The molecule has 1 amide bonds. The standard InChI is InChI=1S/C15H12ClNO3S/c1-8-2-3-10-9(6-8)15(20,14(19)17-10)7-11(18)12-4-5-13(16)21-12/h2-6,20H,7H2,1H3,(H,17,19)/t15-/m1/s1. The van der Waals surface area contributed by atoms with Crippen molar-refractivity contribution in [3.8, 4) is 0 Å². The Morgan fingerprint density at radius 1 is 1.38 bits per heavy atom. The van der Waals surface area contributed by atoms with Crippen LogP contribution < -0.4 is 5.32 Å². The molecule has 2 aromatic rings. The van der Waals surface area contributed by atoms with E-state index in [0.29, 0.717) is 20.5 Å². The third-order valence-corrected chi connectivity index (χ3v) is 4.78. The molecule has 0 fully saturated rings.